The molecule has 3 aliphatic rings. The number of thiazole rings is 1. The number of carboxylic acids is 1. The Kier molecular flexibility index (Phi) is 6.12. The number of β-lactam (4-membered cyclic amide) rings is 1. The zero-order valence-corrected chi connectivity index (χ0v) is 18.5. The number of oxime groups is 1. The molecule has 1 saturated heterocycles. The van der Waals surface area contributed by atoms with Gasteiger partial charge >= 0.3 is 11.9 Å². The van der Waals surface area contributed by atoms with E-state index in [1.807, 2.05) is 0 Å². The van der Waals surface area contributed by atoms with Crippen LogP contribution in [0, 0.1) is 0 Å². The lowest BCUT2D eigenvalue weighted by Crippen LogP contribution is -2.71. The number of anilines is 1. The summed E-state index contributed by atoms with van der Waals surface area (Å²) in [6, 6.07) is -0.996. The van der Waals surface area contributed by atoms with Gasteiger partial charge in [0.05, 0.1) is 0 Å². The number of esters is 1. The van der Waals surface area contributed by atoms with Gasteiger partial charge in [0.15, 0.2) is 10.8 Å². The largest absolute Gasteiger partial charge is 0.477 e. The quantitative estimate of drug-likeness (QED) is 0.129. The summed E-state index contributed by atoms with van der Waals surface area (Å²) >= 11 is 3.57. The van der Waals surface area contributed by atoms with Crippen LogP contribution in [0.25, 0.3) is 0 Å². The predicted octanol–water partition coefficient (Wildman–Crippen LogP) is -0.184. The Labute approximate surface area is 192 Å². The number of hydrogen-bond acceptors (Lipinski definition) is 12. The molecule has 12 nitrogen and oxygen atoms in total. The number of hydrogen-bond donors (Lipinski definition) is 4. The van der Waals surface area contributed by atoms with Gasteiger partial charge in [-0.2, -0.15) is 0 Å². The van der Waals surface area contributed by atoms with Crippen molar-refractivity contribution in [1.29, 1.82) is 0 Å². The number of carbonyl (C=O) groups excluding carboxylic acids is 3. The van der Waals surface area contributed by atoms with Crippen molar-refractivity contribution in [3.63, 3.8) is 0 Å². The van der Waals surface area contributed by atoms with E-state index in [2.05, 4.69) is 15.5 Å². The minimum atomic E-state index is -1.26. The highest BCUT2D eigenvalue weighted by atomic mass is 32.2. The topological polar surface area (TPSA) is 185 Å². The van der Waals surface area contributed by atoms with E-state index in [0.717, 1.165) is 21.8 Å². The first-order chi connectivity index (χ1) is 15.3. The van der Waals surface area contributed by atoms with Crippen LogP contribution in [0.2, 0.25) is 0 Å². The number of nitrogen functional groups attached to an aromatic ring is 1. The van der Waals surface area contributed by atoms with Crippen LogP contribution in [-0.4, -0.2) is 79.2 Å². The molecule has 0 aromatic carbocycles. The monoisotopic (exact) mass is 497 g/mol. The van der Waals surface area contributed by atoms with Crippen LogP contribution >= 0.6 is 34.9 Å². The number of rotatable bonds is 7. The van der Waals surface area contributed by atoms with E-state index < -0.39 is 40.9 Å². The fraction of sp³-hybridized carbons (Fsp3) is 0.294. The Morgan fingerprint density at radius 1 is 1.44 bits per heavy atom. The van der Waals surface area contributed by atoms with E-state index in [9.17, 15) is 29.5 Å². The normalized spacial score (nSPS) is 22.8. The number of thioether (sulfide) groups is 2. The van der Waals surface area contributed by atoms with Crippen molar-refractivity contribution in [2.45, 2.75) is 11.4 Å². The Hall–Kier alpha value is -3.04. The van der Waals surface area contributed by atoms with Crippen LogP contribution in [0.5, 0.6) is 0 Å². The molecule has 0 saturated carbocycles. The number of aromatic nitrogens is 1. The number of ether oxygens (including phenoxy) is 1. The number of aliphatic carboxylic acids is 1. The van der Waals surface area contributed by atoms with Crippen molar-refractivity contribution >= 4 is 69.5 Å². The first kappa shape index (κ1) is 22.2. The highest BCUT2D eigenvalue weighted by Gasteiger charge is 2.54. The number of fused-ring (bicyclic) bond motifs is 1. The molecule has 3 aliphatic heterocycles. The van der Waals surface area contributed by atoms with Crippen LogP contribution in [0.3, 0.4) is 0 Å². The maximum Gasteiger partial charge on any atom is 0.353 e. The van der Waals surface area contributed by atoms with Gasteiger partial charge in [-0.15, -0.1) is 34.9 Å². The second-order valence-corrected chi connectivity index (χ2v) is 9.72. The Morgan fingerprint density at radius 3 is 2.81 bits per heavy atom. The lowest BCUT2D eigenvalue weighted by molar-refractivity contribution is -0.150. The molecular formula is C17H15N5O7S3. The smallest absolute Gasteiger partial charge is 0.353 e. The molecule has 32 heavy (non-hydrogen) atoms. The zero-order chi connectivity index (χ0) is 23.0. The molecule has 0 unspecified atom stereocenters. The maximum absolute atomic E-state index is 12.7. The standard InChI is InChI=1S/C17H15N5O7S3/c18-17-19-7(4-32-17)10(21-28)13(24)20-11-14(25)22-12(16(26)27)8(5-31-15(11)22)30-3-6-1-9(23)29-2-6/h1,4,11,15,28H,2-3,5H2,(H2,18,19)(H,20,24)(H,26,27)/b21-10-/t11-,15+/m1/s1. The number of amides is 2. The molecule has 0 spiro atoms. The van der Waals surface area contributed by atoms with Crippen molar-refractivity contribution in [2.24, 2.45) is 5.16 Å². The SMILES string of the molecule is Nc1nc(/C(=N/O)C(=O)N[C@@H]2C(=O)N3C(C(=O)O)=C(SCC4=CC(=O)OC4)CS[C@@H]23)cs1. The van der Waals surface area contributed by atoms with Crippen LogP contribution in [0.1, 0.15) is 5.69 Å². The Morgan fingerprint density at radius 2 is 2.22 bits per heavy atom. The summed E-state index contributed by atoms with van der Waals surface area (Å²) in [5, 5.41) is 25.3. The van der Waals surface area contributed by atoms with Gasteiger partial charge in [-0.3, -0.25) is 14.5 Å². The lowest BCUT2D eigenvalue weighted by atomic mass is 10.0. The van der Waals surface area contributed by atoms with Gasteiger partial charge in [0.2, 0.25) is 0 Å². The molecule has 2 amide bonds. The van der Waals surface area contributed by atoms with Gasteiger partial charge in [-0.25, -0.2) is 14.6 Å². The molecular weight excluding hydrogens is 482 g/mol. The Bertz CT molecular complexity index is 1110. The molecule has 1 aromatic rings. The molecule has 0 bridgehead atoms. The highest BCUT2D eigenvalue weighted by molar-refractivity contribution is 8.06. The zero-order valence-electron chi connectivity index (χ0n) is 16.0. The van der Waals surface area contributed by atoms with Gasteiger partial charge in [0.25, 0.3) is 11.8 Å². The number of nitrogens with two attached hydrogens (primary N) is 1. The van der Waals surface area contributed by atoms with Gasteiger partial charge in [-0.1, -0.05) is 5.16 Å². The van der Waals surface area contributed by atoms with Gasteiger partial charge in [0.1, 0.15) is 29.4 Å². The minimum absolute atomic E-state index is 0.0564. The molecule has 168 valence electrons. The van der Waals surface area contributed by atoms with Crippen molar-refractivity contribution in [2.75, 3.05) is 23.8 Å². The van der Waals surface area contributed by atoms with Crippen molar-refractivity contribution in [3.8, 4) is 0 Å². The van der Waals surface area contributed by atoms with E-state index in [4.69, 9.17) is 10.5 Å². The molecule has 0 aliphatic carbocycles. The second kappa shape index (κ2) is 8.84. The first-order valence-corrected chi connectivity index (χ1v) is 11.9. The summed E-state index contributed by atoms with van der Waals surface area (Å²) in [6.45, 7) is 0.160. The summed E-state index contributed by atoms with van der Waals surface area (Å²) in [6.07, 6.45) is 1.36. The molecule has 0 radical (unpaired) electrons. The van der Waals surface area contributed by atoms with Crippen molar-refractivity contribution in [3.05, 3.63) is 33.3 Å². The summed E-state index contributed by atoms with van der Waals surface area (Å²) in [7, 11) is 0. The first-order valence-electron chi connectivity index (χ1n) is 8.94. The van der Waals surface area contributed by atoms with E-state index in [0.29, 0.717) is 16.4 Å². The fourth-order valence-electron chi connectivity index (χ4n) is 3.20. The second-order valence-electron chi connectivity index (χ2n) is 6.66. The van der Waals surface area contributed by atoms with Crippen LogP contribution in [0.15, 0.2) is 32.8 Å². The maximum atomic E-state index is 12.7. The molecule has 15 heteroatoms. The van der Waals surface area contributed by atoms with E-state index in [1.165, 1.54) is 35.0 Å². The van der Waals surface area contributed by atoms with Crippen LogP contribution < -0.4 is 11.1 Å². The van der Waals surface area contributed by atoms with Crippen LogP contribution in [0.4, 0.5) is 5.13 Å². The molecule has 1 fully saturated rings. The summed E-state index contributed by atoms with van der Waals surface area (Å²) in [4.78, 5) is 53.8. The van der Waals surface area contributed by atoms with E-state index in [-0.39, 0.29) is 23.1 Å². The van der Waals surface area contributed by atoms with Crippen LogP contribution in [-0.2, 0) is 23.9 Å². The van der Waals surface area contributed by atoms with Crippen molar-refractivity contribution in [1.82, 2.24) is 15.2 Å². The third-order valence-electron chi connectivity index (χ3n) is 4.66. The van der Waals surface area contributed by atoms with Gasteiger partial charge < -0.3 is 26.1 Å². The summed E-state index contributed by atoms with van der Waals surface area (Å²) < 4.78 is 4.83. The number of cyclic esters (lactones) is 1. The van der Waals surface area contributed by atoms with Crippen molar-refractivity contribution < 1.29 is 34.2 Å². The van der Waals surface area contributed by atoms with E-state index >= 15 is 0 Å². The molecule has 2 atom stereocenters. The number of carbonyl (C=O) groups is 4. The average Bonchev–Trinajstić information content (AvgIpc) is 3.38. The highest BCUT2D eigenvalue weighted by Crippen LogP contribution is 2.43. The number of nitrogens with one attached hydrogen (secondary N) is 1. The summed E-state index contributed by atoms with van der Waals surface area (Å²) in [5.74, 6) is -2.47. The average molecular weight is 498 g/mol. The third kappa shape index (κ3) is 4.05. The van der Waals surface area contributed by atoms with Gasteiger partial charge in [0, 0.05) is 27.9 Å². The van der Waals surface area contributed by atoms with E-state index in [1.54, 1.807) is 0 Å². The molecule has 1 aromatic heterocycles. The minimum Gasteiger partial charge on any atom is -0.477 e. The lowest BCUT2D eigenvalue weighted by Gasteiger charge is -2.49. The molecule has 5 N–H and O–H groups in total. The third-order valence-corrected chi connectivity index (χ3v) is 7.99. The Balaban J connectivity index is 1.47. The predicted molar refractivity (Wildman–Crippen MR) is 116 cm³/mol. The molecule has 4 heterocycles. The molecule has 4 rings (SSSR count). The summed E-state index contributed by atoms with van der Waals surface area (Å²) in [5.41, 5.74) is 5.76. The van der Waals surface area contributed by atoms with Gasteiger partial charge in [-0.05, 0) is 5.57 Å². The number of carboxylic acid groups (broad SMARTS) is 1. The number of nitrogens with zero attached hydrogens (tertiary/aromatic N) is 3. The fourth-order valence-corrected chi connectivity index (χ4v) is 6.33.